The molecule has 3 rings (SSSR count). The standard InChI is InChI=1S/C18H27N3O2/c1-11-7-5-6-8-21(11)15-9-20(10-15)18(23)16-13(3)12(2)14(4)19-17(16)22/h11,15H,5-10H2,1-4H3,(H,19,22)/t11-/m0/s1. The molecule has 0 aliphatic carbocycles. The summed E-state index contributed by atoms with van der Waals surface area (Å²) in [6.07, 6.45) is 3.81. The third-order valence-corrected chi connectivity index (χ3v) is 5.71. The molecule has 5 heteroatoms. The first kappa shape index (κ1) is 16.2. The number of aromatic nitrogens is 1. The molecule has 0 radical (unpaired) electrons. The lowest BCUT2D eigenvalue weighted by molar-refractivity contribution is 0.00198. The zero-order valence-corrected chi connectivity index (χ0v) is 14.6. The zero-order valence-electron chi connectivity index (χ0n) is 14.6. The normalized spacial score (nSPS) is 23.0. The van der Waals surface area contributed by atoms with E-state index >= 15 is 0 Å². The summed E-state index contributed by atoms with van der Waals surface area (Å²) in [6.45, 7) is 10.6. The first-order valence-corrected chi connectivity index (χ1v) is 8.65. The monoisotopic (exact) mass is 317 g/mol. The summed E-state index contributed by atoms with van der Waals surface area (Å²) in [7, 11) is 0. The van der Waals surface area contributed by atoms with Gasteiger partial charge in [0, 0.05) is 30.9 Å². The van der Waals surface area contributed by atoms with Gasteiger partial charge < -0.3 is 9.88 Å². The van der Waals surface area contributed by atoms with Gasteiger partial charge >= 0.3 is 0 Å². The molecule has 0 spiro atoms. The van der Waals surface area contributed by atoms with Crippen LogP contribution in [0, 0.1) is 20.8 Å². The molecule has 0 unspecified atom stereocenters. The lowest BCUT2D eigenvalue weighted by atomic mass is 9.96. The number of hydrogen-bond acceptors (Lipinski definition) is 3. The SMILES string of the molecule is Cc1[nH]c(=O)c(C(=O)N2CC(N3CCCC[C@@H]3C)C2)c(C)c1C. The van der Waals surface area contributed by atoms with Crippen molar-refractivity contribution < 1.29 is 4.79 Å². The Hall–Kier alpha value is -1.62. The Labute approximate surface area is 137 Å². The topological polar surface area (TPSA) is 56.4 Å². The first-order chi connectivity index (χ1) is 10.9. The van der Waals surface area contributed by atoms with Crippen molar-refractivity contribution in [1.29, 1.82) is 0 Å². The van der Waals surface area contributed by atoms with Gasteiger partial charge in [-0.15, -0.1) is 0 Å². The molecule has 1 atom stereocenters. The molecule has 1 amide bonds. The molecule has 2 saturated heterocycles. The Bertz CT molecular complexity index is 674. The van der Waals surface area contributed by atoms with Gasteiger partial charge in [0.25, 0.3) is 11.5 Å². The van der Waals surface area contributed by atoms with Crippen molar-refractivity contribution in [3.63, 3.8) is 0 Å². The number of aromatic amines is 1. The zero-order chi connectivity index (χ0) is 16.7. The van der Waals surface area contributed by atoms with Crippen LogP contribution in [-0.4, -0.2) is 52.4 Å². The van der Waals surface area contributed by atoms with Crippen LogP contribution in [-0.2, 0) is 0 Å². The fourth-order valence-electron chi connectivity index (χ4n) is 3.87. The summed E-state index contributed by atoms with van der Waals surface area (Å²) in [4.78, 5) is 32.1. The number of hydrogen-bond donors (Lipinski definition) is 1. The van der Waals surface area contributed by atoms with Crippen LogP contribution in [0.3, 0.4) is 0 Å². The van der Waals surface area contributed by atoms with E-state index in [1.165, 1.54) is 19.3 Å². The number of nitrogens with zero attached hydrogens (tertiary/aromatic N) is 2. The first-order valence-electron chi connectivity index (χ1n) is 8.65. The molecular formula is C18H27N3O2. The van der Waals surface area contributed by atoms with Crippen molar-refractivity contribution >= 4 is 5.91 Å². The van der Waals surface area contributed by atoms with Gasteiger partial charge in [-0.2, -0.15) is 0 Å². The Morgan fingerprint density at radius 1 is 1.13 bits per heavy atom. The predicted molar refractivity (Wildman–Crippen MR) is 91.0 cm³/mol. The molecule has 1 N–H and O–H groups in total. The Balaban J connectivity index is 1.72. The number of aryl methyl sites for hydroxylation is 1. The average molecular weight is 317 g/mol. The number of rotatable bonds is 2. The molecule has 0 bridgehead atoms. The average Bonchev–Trinajstić information content (AvgIpc) is 2.45. The van der Waals surface area contributed by atoms with Crippen molar-refractivity contribution in [2.45, 2.75) is 59.0 Å². The molecule has 23 heavy (non-hydrogen) atoms. The summed E-state index contributed by atoms with van der Waals surface area (Å²) in [5, 5.41) is 0. The highest BCUT2D eigenvalue weighted by atomic mass is 16.2. The van der Waals surface area contributed by atoms with Crippen LogP contribution in [0.5, 0.6) is 0 Å². The Kier molecular flexibility index (Phi) is 4.32. The van der Waals surface area contributed by atoms with Gasteiger partial charge in [0.2, 0.25) is 0 Å². The van der Waals surface area contributed by atoms with E-state index < -0.39 is 0 Å². The van der Waals surface area contributed by atoms with Gasteiger partial charge in [-0.05, 0) is 58.2 Å². The maximum absolute atomic E-state index is 12.7. The molecule has 2 aliphatic rings. The molecule has 1 aromatic heterocycles. The molecule has 5 nitrogen and oxygen atoms in total. The molecule has 3 heterocycles. The van der Waals surface area contributed by atoms with E-state index in [0.717, 1.165) is 36.5 Å². The van der Waals surface area contributed by atoms with E-state index in [2.05, 4.69) is 16.8 Å². The van der Waals surface area contributed by atoms with Crippen LogP contribution >= 0.6 is 0 Å². The number of piperidine rings is 1. The van der Waals surface area contributed by atoms with Gasteiger partial charge in [-0.3, -0.25) is 14.5 Å². The second-order valence-corrected chi connectivity index (χ2v) is 7.15. The van der Waals surface area contributed by atoms with Crippen molar-refractivity contribution in [3.05, 3.63) is 32.7 Å². The molecule has 2 aliphatic heterocycles. The van der Waals surface area contributed by atoms with Crippen molar-refractivity contribution in [2.24, 2.45) is 0 Å². The highest BCUT2D eigenvalue weighted by molar-refractivity contribution is 5.96. The summed E-state index contributed by atoms with van der Waals surface area (Å²) < 4.78 is 0. The van der Waals surface area contributed by atoms with E-state index in [1.54, 1.807) is 0 Å². The van der Waals surface area contributed by atoms with Crippen LogP contribution in [0.25, 0.3) is 0 Å². The number of likely N-dealkylation sites (tertiary alicyclic amines) is 2. The van der Waals surface area contributed by atoms with Crippen LogP contribution in [0.1, 0.15) is 53.4 Å². The number of pyridine rings is 1. The number of carbonyl (C=O) groups is 1. The highest BCUT2D eigenvalue weighted by Gasteiger charge is 2.38. The largest absolute Gasteiger partial charge is 0.335 e. The maximum Gasteiger partial charge on any atom is 0.261 e. The molecule has 0 aromatic carbocycles. The summed E-state index contributed by atoms with van der Waals surface area (Å²) in [6, 6.07) is 1.07. The van der Waals surface area contributed by atoms with Crippen LogP contribution in [0.15, 0.2) is 4.79 Å². The molecular weight excluding hydrogens is 290 g/mol. The van der Waals surface area contributed by atoms with Gasteiger partial charge in [0.05, 0.1) is 0 Å². The molecule has 1 aromatic rings. The summed E-state index contributed by atoms with van der Waals surface area (Å²) in [5.41, 5.74) is 2.71. The number of nitrogens with one attached hydrogen (secondary N) is 1. The van der Waals surface area contributed by atoms with Crippen LogP contribution < -0.4 is 5.56 Å². The van der Waals surface area contributed by atoms with E-state index in [9.17, 15) is 9.59 Å². The third-order valence-electron chi connectivity index (χ3n) is 5.71. The smallest absolute Gasteiger partial charge is 0.261 e. The quantitative estimate of drug-likeness (QED) is 0.907. The summed E-state index contributed by atoms with van der Waals surface area (Å²) >= 11 is 0. The van der Waals surface area contributed by atoms with Crippen molar-refractivity contribution in [3.8, 4) is 0 Å². The van der Waals surface area contributed by atoms with Gasteiger partial charge in [0.15, 0.2) is 0 Å². The number of carbonyl (C=O) groups excluding carboxylic acids is 1. The van der Waals surface area contributed by atoms with Gasteiger partial charge in [-0.25, -0.2) is 0 Å². The van der Waals surface area contributed by atoms with E-state index in [4.69, 9.17) is 0 Å². The van der Waals surface area contributed by atoms with E-state index in [-0.39, 0.29) is 11.5 Å². The minimum Gasteiger partial charge on any atom is -0.335 e. The minimum atomic E-state index is -0.259. The fourth-order valence-corrected chi connectivity index (χ4v) is 3.87. The molecule has 126 valence electrons. The number of H-pyrrole nitrogens is 1. The Morgan fingerprint density at radius 3 is 2.48 bits per heavy atom. The van der Waals surface area contributed by atoms with Crippen LogP contribution in [0.2, 0.25) is 0 Å². The fraction of sp³-hybridized carbons (Fsp3) is 0.667. The summed E-state index contributed by atoms with van der Waals surface area (Å²) in [5.74, 6) is -0.118. The lowest BCUT2D eigenvalue weighted by Crippen LogP contribution is -2.63. The lowest BCUT2D eigenvalue weighted by Gasteiger charge is -2.49. The second-order valence-electron chi connectivity index (χ2n) is 7.15. The van der Waals surface area contributed by atoms with Gasteiger partial charge in [0.1, 0.15) is 5.56 Å². The molecule has 0 saturated carbocycles. The Morgan fingerprint density at radius 2 is 1.83 bits per heavy atom. The predicted octanol–water partition coefficient (Wildman–Crippen LogP) is 2.00. The van der Waals surface area contributed by atoms with Gasteiger partial charge in [-0.1, -0.05) is 6.42 Å². The van der Waals surface area contributed by atoms with Crippen molar-refractivity contribution in [1.82, 2.24) is 14.8 Å². The van der Waals surface area contributed by atoms with E-state index in [0.29, 0.717) is 17.6 Å². The highest BCUT2D eigenvalue weighted by Crippen LogP contribution is 2.25. The molecule has 2 fully saturated rings. The van der Waals surface area contributed by atoms with Crippen molar-refractivity contribution in [2.75, 3.05) is 19.6 Å². The maximum atomic E-state index is 12.7. The third kappa shape index (κ3) is 2.82. The van der Waals surface area contributed by atoms with E-state index in [1.807, 2.05) is 25.7 Å². The second kappa shape index (κ2) is 6.11. The van der Waals surface area contributed by atoms with Crippen LogP contribution in [0.4, 0.5) is 0 Å². The number of amides is 1. The minimum absolute atomic E-state index is 0.118.